The molecule has 0 saturated carbocycles. The number of hydrogen-bond donors (Lipinski definition) is 0. The first kappa shape index (κ1) is 19.1. The molecule has 3 aromatic rings. The molecule has 150 valence electrons. The van der Waals surface area contributed by atoms with Gasteiger partial charge in [-0.05, 0) is 35.9 Å². The van der Waals surface area contributed by atoms with E-state index in [1.165, 1.54) is 6.07 Å². The molecule has 0 unspecified atom stereocenters. The van der Waals surface area contributed by atoms with Crippen molar-refractivity contribution in [1.82, 2.24) is 0 Å². The van der Waals surface area contributed by atoms with Crippen LogP contribution in [-0.4, -0.2) is 17.9 Å². The highest BCUT2D eigenvalue weighted by Gasteiger charge is 2.60. The van der Waals surface area contributed by atoms with E-state index in [4.69, 9.17) is 28.0 Å². The molecule has 3 atom stereocenters. The highest BCUT2D eigenvalue weighted by Crippen LogP contribution is 2.48. The van der Waals surface area contributed by atoms with Crippen molar-refractivity contribution in [3.8, 4) is 0 Å². The van der Waals surface area contributed by atoms with E-state index in [0.717, 1.165) is 16.2 Å². The van der Waals surface area contributed by atoms with Gasteiger partial charge in [-0.25, -0.2) is 9.96 Å². The average molecular weight is 439 g/mol. The number of amides is 2. The third kappa shape index (κ3) is 2.98. The van der Waals surface area contributed by atoms with Gasteiger partial charge in [0, 0.05) is 5.02 Å². The van der Waals surface area contributed by atoms with E-state index >= 15 is 0 Å². The van der Waals surface area contributed by atoms with E-state index in [0.29, 0.717) is 10.7 Å². The van der Waals surface area contributed by atoms with Crippen LogP contribution in [0, 0.1) is 5.92 Å². The van der Waals surface area contributed by atoms with Crippen LogP contribution in [0.4, 0.5) is 11.4 Å². The summed E-state index contributed by atoms with van der Waals surface area (Å²) in [5.74, 6) is -1.48. The summed E-state index contributed by atoms with van der Waals surface area (Å²) in [4.78, 5) is 34.0. The van der Waals surface area contributed by atoms with Crippen LogP contribution in [0.3, 0.4) is 0 Å². The first-order chi connectivity index (χ1) is 14.6. The van der Waals surface area contributed by atoms with Gasteiger partial charge in [0.1, 0.15) is 5.92 Å². The van der Waals surface area contributed by atoms with Crippen molar-refractivity contribution in [2.24, 2.45) is 5.92 Å². The largest absolute Gasteiger partial charge is 0.273 e. The zero-order valence-corrected chi connectivity index (χ0v) is 17.1. The van der Waals surface area contributed by atoms with Gasteiger partial charge in [0.15, 0.2) is 6.10 Å². The lowest BCUT2D eigenvalue weighted by molar-refractivity contribution is -0.126. The molecule has 0 aliphatic carbocycles. The molecule has 0 N–H and O–H groups in total. The minimum absolute atomic E-state index is 0.236. The highest BCUT2D eigenvalue weighted by molar-refractivity contribution is 6.38. The van der Waals surface area contributed by atoms with Crippen molar-refractivity contribution >= 4 is 46.4 Å². The van der Waals surface area contributed by atoms with Crippen LogP contribution in [0.25, 0.3) is 0 Å². The van der Waals surface area contributed by atoms with Crippen molar-refractivity contribution in [2.75, 3.05) is 9.96 Å². The number of hydroxylamine groups is 1. The molecule has 3 aromatic carbocycles. The molecule has 2 heterocycles. The van der Waals surface area contributed by atoms with Crippen LogP contribution in [0.5, 0.6) is 0 Å². The maximum Gasteiger partial charge on any atom is 0.266 e. The van der Waals surface area contributed by atoms with Crippen LogP contribution in [0.2, 0.25) is 10.0 Å². The first-order valence-electron chi connectivity index (χ1n) is 9.45. The number of para-hydroxylation sites is 1. The third-order valence-corrected chi connectivity index (χ3v) is 5.96. The monoisotopic (exact) mass is 438 g/mol. The normalized spacial score (nSPS) is 23.2. The predicted molar refractivity (Wildman–Crippen MR) is 115 cm³/mol. The Morgan fingerprint density at radius 2 is 1.47 bits per heavy atom. The van der Waals surface area contributed by atoms with E-state index < -0.39 is 24.0 Å². The summed E-state index contributed by atoms with van der Waals surface area (Å²) < 4.78 is 0. The predicted octanol–water partition coefficient (Wildman–Crippen LogP) is 5.04. The second kappa shape index (κ2) is 7.43. The quantitative estimate of drug-likeness (QED) is 0.537. The number of fused-ring (bicyclic) bond motifs is 1. The van der Waals surface area contributed by atoms with Gasteiger partial charge in [0.05, 0.1) is 22.4 Å². The Balaban J connectivity index is 1.59. The molecule has 2 fully saturated rings. The number of benzene rings is 3. The molecular weight excluding hydrogens is 423 g/mol. The van der Waals surface area contributed by atoms with Gasteiger partial charge < -0.3 is 0 Å². The minimum atomic E-state index is -0.936. The fraction of sp³-hybridized carbons (Fsp3) is 0.130. The smallest absolute Gasteiger partial charge is 0.266 e. The van der Waals surface area contributed by atoms with Gasteiger partial charge >= 0.3 is 0 Å². The summed E-state index contributed by atoms with van der Waals surface area (Å²) >= 11 is 12.3. The van der Waals surface area contributed by atoms with Crippen LogP contribution in [0.1, 0.15) is 11.6 Å². The van der Waals surface area contributed by atoms with Crippen LogP contribution in [-0.2, 0) is 14.4 Å². The van der Waals surface area contributed by atoms with Gasteiger partial charge in [0.2, 0.25) is 5.91 Å². The lowest BCUT2D eigenvalue weighted by Gasteiger charge is -2.28. The standard InChI is InChI=1S/C23H16Cl2N2O3/c24-15-11-12-18(17(25)13-15)26-22(28)19-20(14-7-3-1-4-8-14)27(30-21(19)23(26)29)16-9-5-2-6-10-16/h1-13,19-21H/t19-,20+,21+/m1/s1. The topological polar surface area (TPSA) is 49.9 Å². The molecule has 5 rings (SSSR count). The van der Waals surface area contributed by atoms with Crippen LogP contribution >= 0.6 is 23.2 Å². The van der Waals surface area contributed by atoms with E-state index in [2.05, 4.69) is 0 Å². The Morgan fingerprint density at radius 1 is 0.800 bits per heavy atom. The number of anilines is 2. The second-order valence-electron chi connectivity index (χ2n) is 7.18. The van der Waals surface area contributed by atoms with Crippen molar-refractivity contribution in [3.05, 3.63) is 94.5 Å². The maximum absolute atomic E-state index is 13.5. The second-order valence-corrected chi connectivity index (χ2v) is 8.02. The average Bonchev–Trinajstić information content (AvgIpc) is 3.26. The summed E-state index contributed by atoms with van der Waals surface area (Å²) in [5.41, 5.74) is 1.98. The Labute approximate surface area is 183 Å². The highest BCUT2D eigenvalue weighted by atomic mass is 35.5. The molecule has 30 heavy (non-hydrogen) atoms. The number of carbonyl (C=O) groups excluding carboxylic acids is 2. The molecule has 5 nitrogen and oxygen atoms in total. The summed E-state index contributed by atoms with van der Waals surface area (Å²) in [6, 6.07) is 23.3. The Hall–Kier alpha value is -2.86. The molecule has 0 spiro atoms. The minimum Gasteiger partial charge on any atom is -0.273 e. The van der Waals surface area contributed by atoms with E-state index in [-0.39, 0.29) is 10.9 Å². The zero-order valence-electron chi connectivity index (χ0n) is 15.6. The number of halogens is 2. The van der Waals surface area contributed by atoms with E-state index in [9.17, 15) is 9.59 Å². The lowest BCUT2D eigenvalue weighted by Crippen LogP contribution is -2.37. The molecule has 2 aliphatic rings. The van der Waals surface area contributed by atoms with Gasteiger partial charge in [-0.2, -0.15) is 0 Å². The number of carbonyl (C=O) groups is 2. The number of nitrogens with zero attached hydrogens (tertiary/aromatic N) is 2. The van der Waals surface area contributed by atoms with Crippen molar-refractivity contribution in [1.29, 1.82) is 0 Å². The lowest BCUT2D eigenvalue weighted by atomic mass is 9.90. The fourth-order valence-electron chi connectivity index (χ4n) is 4.10. The van der Waals surface area contributed by atoms with Gasteiger partial charge in [-0.15, -0.1) is 0 Å². The van der Waals surface area contributed by atoms with Gasteiger partial charge in [-0.3, -0.25) is 14.4 Å². The molecular formula is C23H16Cl2N2O3. The van der Waals surface area contributed by atoms with E-state index in [1.54, 1.807) is 17.2 Å². The SMILES string of the molecule is O=C1[C@H]2[C@H](ON(c3ccccc3)[C@H]2c2ccccc2)C(=O)N1c1ccc(Cl)cc1Cl. The molecule has 7 heteroatoms. The van der Waals surface area contributed by atoms with Gasteiger partial charge in [0.25, 0.3) is 5.91 Å². The van der Waals surface area contributed by atoms with Crippen molar-refractivity contribution in [2.45, 2.75) is 12.1 Å². The number of rotatable bonds is 3. The first-order valence-corrected chi connectivity index (χ1v) is 10.2. The van der Waals surface area contributed by atoms with Crippen molar-refractivity contribution < 1.29 is 14.4 Å². The molecule has 0 bridgehead atoms. The molecule has 2 saturated heterocycles. The van der Waals surface area contributed by atoms with Crippen LogP contribution < -0.4 is 9.96 Å². The Kier molecular flexibility index (Phi) is 4.74. The van der Waals surface area contributed by atoms with Crippen LogP contribution in [0.15, 0.2) is 78.9 Å². The molecule has 2 amide bonds. The third-order valence-electron chi connectivity index (χ3n) is 5.42. The maximum atomic E-state index is 13.5. The zero-order chi connectivity index (χ0) is 20.8. The molecule has 0 aromatic heterocycles. The summed E-state index contributed by atoms with van der Waals surface area (Å²) in [5, 5.41) is 2.33. The van der Waals surface area contributed by atoms with Gasteiger partial charge in [-0.1, -0.05) is 71.7 Å². The molecule has 2 aliphatic heterocycles. The number of hydrogen-bond acceptors (Lipinski definition) is 4. The number of imide groups is 1. The summed E-state index contributed by atoms with van der Waals surface area (Å²) in [7, 11) is 0. The summed E-state index contributed by atoms with van der Waals surface area (Å²) in [6.45, 7) is 0. The molecule has 0 radical (unpaired) electrons. The van der Waals surface area contributed by atoms with E-state index in [1.807, 2.05) is 60.7 Å². The fourth-order valence-corrected chi connectivity index (χ4v) is 4.60. The Morgan fingerprint density at radius 3 is 2.13 bits per heavy atom. The van der Waals surface area contributed by atoms with Crippen molar-refractivity contribution in [3.63, 3.8) is 0 Å². The Bertz CT molecular complexity index is 1120. The summed E-state index contributed by atoms with van der Waals surface area (Å²) in [6.07, 6.45) is -0.936.